The van der Waals surface area contributed by atoms with Crippen LogP contribution in [0.15, 0.2) is 30.3 Å². The minimum atomic E-state index is -2.18. The molecule has 0 saturated carbocycles. The van der Waals surface area contributed by atoms with Crippen molar-refractivity contribution in [3.8, 4) is 0 Å². The Morgan fingerprint density at radius 1 is 1.36 bits per heavy atom. The largest absolute Gasteiger partial charge is 0.579 e. The Hall–Kier alpha value is -0.370. The van der Waals surface area contributed by atoms with E-state index in [-0.39, 0.29) is 0 Å². The summed E-state index contributed by atoms with van der Waals surface area (Å²) in [7, 11) is -2.18. The van der Waals surface area contributed by atoms with Gasteiger partial charge in [0.1, 0.15) is 12.2 Å². The average molecular weight is 189 g/mol. The van der Waals surface area contributed by atoms with E-state index in [4.69, 9.17) is 9.46 Å². The molecule has 1 aromatic carbocycles. The zero-order valence-corrected chi connectivity index (χ0v) is 7.93. The molecule has 0 spiro atoms. The van der Waals surface area contributed by atoms with E-state index < -0.39 is 7.23 Å². The number of hydrogen-bond donors (Lipinski definition) is 2. The lowest BCUT2D eigenvalue weighted by Gasteiger charge is -1.82. The summed E-state index contributed by atoms with van der Waals surface area (Å²) in [6, 6.07) is 10.3. The highest BCUT2D eigenvalue weighted by atomic mass is 32.7. The van der Waals surface area contributed by atoms with Crippen molar-refractivity contribution in [3.05, 3.63) is 35.9 Å². The molecule has 0 aromatic heterocycles. The highest BCUT2D eigenvalue weighted by Gasteiger charge is 1.90. The van der Waals surface area contributed by atoms with Crippen molar-refractivity contribution >= 4 is 19.5 Å². The fraction of sp³-hybridized carbons (Fsp3) is 0.143. The van der Waals surface area contributed by atoms with E-state index >= 15 is 0 Å². The minimum Gasteiger partial charge on any atom is -0.151 e. The van der Waals surface area contributed by atoms with E-state index in [0.29, 0.717) is 0 Å². The van der Waals surface area contributed by atoms with E-state index in [2.05, 4.69) is 31.3 Å². The van der Waals surface area contributed by atoms with E-state index in [0.717, 1.165) is 0 Å². The van der Waals surface area contributed by atoms with Gasteiger partial charge in [-0.05, 0) is 11.5 Å². The van der Waals surface area contributed by atoms with Gasteiger partial charge < -0.3 is 0 Å². The number of hydrogen-bond acceptors (Lipinski definition) is 1. The van der Waals surface area contributed by atoms with Gasteiger partial charge in [-0.2, -0.15) is 4.89 Å². The van der Waals surface area contributed by atoms with Crippen LogP contribution in [0.1, 0.15) is 5.56 Å². The van der Waals surface area contributed by atoms with Gasteiger partial charge in [0.05, 0.1) is 0 Å². The molecule has 0 bridgehead atoms. The van der Waals surface area contributed by atoms with Gasteiger partial charge in [0, 0.05) is 0 Å². The SMILES string of the molecule is Cc1ccccc1.O=[P+](O)S. The lowest BCUT2D eigenvalue weighted by Crippen LogP contribution is -1.62. The molecule has 0 fully saturated rings. The first-order chi connectivity index (χ1) is 5.13. The molecule has 0 amide bonds. The van der Waals surface area contributed by atoms with Crippen LogP contribution in [-0.4, -0.2) is 4.89 Å². The third-order valence-electron chi connectivity index (χ3n) is 0.940. The second-order valence-electron chi connectivity index (χ2n) is 1.91. The van der Waals surface area contributed by atoms with E-state index in [1.165, 1.54) is 5.56 Å². The second-order valence-corrected chi connectivity index (χ2v) is 3.44. The van der Waals surface area contributed by atoms with Crippen LogP contribution in [-0.2, 0) is 4.57 Å². The predicted octanol–water partition coefficient (Wildman–Crippen LogP) is 2.56. The predicted molar refractivity (Wildman–Crippen MR) is 50.0 cm³/mol. The van der Waals surface area contributed by atoms with Crippen LogP contribution in [0.3, 0.4) is 0 Å². The Balaban J connectivity index is 0.000000218. The van der Waals surface area contributed by atoms with Crippen LogP contribution >= 0.6 is 19.5 Å². The molecule has 0 radical (unpaired) electrons. The summed E-state index contributed by atoms with van der Waals surface area (Å²) in [5.41, 5.74) is 1.32. The Morgan fingerprint density at radius 2 is 1.73 bits per heavy atom. The van der Waals surface area contributed by atoms with Gasteiger partial charge in [-0.3, -0.25) is 0 Å². The fourth-order valence-corrected chi connectivity index (χ4v) is 0.534. The first-order valence-corrected chi connectivity index (χ1v) is 5.36. The summed E-state index contributed by atoms with van der Waals surface area (Å²) >= 11 is 3.03. The lowest BCUT2D eigenvalue weighted by molar-refractivity contribution is 0.520. The summed E-state index contributed by atoms with van der Waals surface area (Å²) < 4.78 is 9.01. The van der Waals surface area contributed by atoms with E-state index in [1.54, 1.807) is 0 Å². The monoisotopic (exact) mass is 189 g/mol. The van der Waals surface area contributed by atoms with Crippen molar-refractivity contribution in [1.82, 2.24) is 0 Å². The zero-order chi connectivity index (χ0) is 8.69. The van der Waals surface area contributed by atoms with E-state index in [9.17, 15) is 0 Å². The van der Waals surface area contributed by atoms with Crippen molar-refractivity contribution < 1.29 is 9.46 Å². The summed E-state index contributed by atoms with van der Waals surface area (Å²) in [4.78, 5) is 7.43. The zero-order valence-electron chi connectivity index (χ0n) is 6.14. The molecule has 1 unspecified atom stereocenters. The van der Waals surface area contributed by atoms with Crippen molar-refractivity contribution in [2.24, 2.45) is 0 Å². The molecule has 2 nitrogen and oxygen atoms in total. The smallest absolute Gasteiger partial charge is 0.151 e. The third-order valence-corrected chi connectivity index (χ3v) is 0.940. The molecular formula is C7H10O2PS+. The Bertz CT molecular complexity index is 209. The topological polar surface area (TPSA) is 37.3 Å². The molecular weight excluding hydrogens is 179 g/mol. The van der Waals surface area contributed by atoms with Crippen LogP contribution in [0, 0.1) is 6.92 Å². The van der Waals surface area contributed by atoms with Crippen LogP contribution in [0.4, 0.5) is 0 Å². The molecule has 1 atom stereocenters. The van der Waals surface area contributed by atoms with Gasteiger partial charge in [0.15, 0.2) is 0 Å². The first-order valence-electron chi connectivity index (χ1n) is 2.99. The maximum atomic E-state index is 9.01. The Kier molecular flexibility index (Phi) is 6.13. The van der Waals surface area contributed by atoms with Crippen molar-refractivity contribution in [2.45, 2.75) is 6.92 Å². The molecule has 0 aliphatic heterocycles. The Labute approximate surface area is 72.3 Å². The van der Waals surface area contributed by atoms with Crippen LogP contribution in [0.25, 0.3) is 0 Å². The van der Waals surface area contributed by atoms with Crippen molar-refractivity contribution in [3.63, 3.8) is 0 Å². The molecule has 0 saturated heterocycles. The van der Waals surface area contributed by atoms with Crippen molar-refractivity contribution in [2.75, 3.05) is 0 Å². The van der Waals surface area contributed by atoms with Gasteiger partial charge in [0.25, 0.3) is 0 Å². The molecule has 11 heavy (non-hydrogen) atoms. The Morgan fingerprint density at radius 3 is 1.91 bits per heavy atom. The van der Waals surface area contributed by atoms with Gasteiger partial charge in [0.2, 0.25) is 0 Å². The summed E-state index contributed by atoms with van der Waals surface area (Å²) in [6.45, 7) is 2.08. The lowest BCUT2D eigenvalue weighted by atomic mass is 10.2. The summed E-state index contributed by atoms with van der Waals surface area (Å²) in [5, 5.41) is 0. The van der Waals surface area contributed by atoms with Gasteiger partial charge in [-0.15, -0.1) is 0 Å². The van der Waals surface area contributed by atoms with Crippen LogP contribution in [0.2, 0.25) is 0 Å². The molecule has 1 aromatic rings. The van der Waals surface area contributed by atoms with Crippen molar-refractivity contribution in [1.29, 1.82) is 0 Å². The van der Waals surface area contributed by atoms with Crippen LogP contribution in [0.5, 0.6) is 0 Å². The van der Waals surface area contributed by atoms with Gasteiger partial charge in [-0.25, -0.2) is 0 Å². The molecule has 1 N–H and O–H groups in total. The number of thiol groups is 1. The molecule has 1 rings (SSSR count). The molecule has 60 valence electrons. The number of benzene rings is 1. The summed E-state index contributed by atoms with van der Waals surface area (Å²) in [6.07, 6.45) is 0. The minimum absolute atomic E-state index is 1.32. The molecule has 4 heteroatoms. The summed E-state index contributed by atoms with van der Waals surface area (Å²) in [5.74, 6) is 0. The second kappa shape index (κ2) is 6.35. The first kappa shape index (κ1) is 10.6. The normalized spacial score (nSPS) is 9.55. The highest BCUT2D eigenvalue weighted by Crippen LogP contribution is 2.16. The fourth-order valence-electron chi connectivity index (χ4n) is 0.534. The average Bonchev–Trinajstić information content (AvgIpc) is 1.87. The number of rotatable bonds is 0. The maximum Gasteiger partial charge on any atom is 0.579 e. The maximum absolute atomic E-state index is 9.01. The highest BCUT2D eigenvalue weighted by molar-refractivity contribution is 8.38. The quantitative estimate of drug-likeness (QED) is 0.486. The number of aryl methyl sites for hydroxylation is 1. The van der Waals surface area contributed by atoms with Crippen LogP contribution < -0.4 is 0 Å². The molecule has 0 aliphatic rings. The standard InChI is InChI=1S/C7H8.HO2PS/c1-7-5-3-2-4-6-7;1-3(2)4/h2-6H,1H3;(H-,1,2,4)/p+1. The van der Waals surface area contributed by atoms with E-state index in [1.807, 2.05) is 18.2 Å². The molecule has 0 heterocycles. The molecule has 0 aliphatic carbocycles. The van der Waals surface area contributed by atoms with Gasteiger partial charge in [-0.1, -0.05) is 35.9 Å². The van der Waals surface area contributed by atoms with Gasteiger partial charge >= 0.3 is 7.23 Å². The third kappa shape index (κ3) is 9.63.